The Morgan fingerprint density at radius 1 is 1.14 bits per heavy atom. The molecule has 0 saturated carbocycles. The number of nitrogens with zero attached hydrogens (tertiary/aromatic N) is 1. The van der Waals surface area contributed by atoms with Gasteiger partial charge in [0, 0.05) is 22.2 Å². The van der Waals surface area contributed by atoms with Gasteiger partial charge in [-0.1, -0.05) is 19.1 Å². The first-order valence-corrected chi connectivity index (χ1v) is 13.2. The van der Waals surface area contributed by atoms with E-state index in [-0.39, 0.29) is 17.3 Å². The summed E-state index contributed by atoms with van der Waals surface area (Å²) in [6, 6.07) is 17.2. The van der Waals surface area contributed by atoms with Crippen molar-refractivity contribution in [3.8, 4) is 17.2 Å². The SMILES string of the molecule is Cc1cc(F)ccc1C(=O)c1sc2cc(O)ccc2c1Oc1ccc(CCCN2CC[C@H](C)C2)cc1. The molecule has 2 heterocycles. The maximum atomic E-state index is 13.6. The van der Waals surface area contributed by atoms with Crippen LogP contribution in [0.4, 0.5) is 4.39 Å². The molecule has 0 bridgehead atoms. The first-order valence-electron chi connectivity index (χ1n) is 12.4. The highest BCUT2D eigenvalue weighted by molar-refractivity contribution is 7.21. The molecule has 5 rings (SSSR count). The molecule has 0 amide bonds. The summed E-state index contributed by atoms with van der Waals surface area (Å²) in [6.45, 7) is 7.58. The zero-order valence-electron chi connectivity index (χ0n) is 20.6. The third kappa shape index (κ3) is 5.30. The fraction of sp³-hybridized carbons (Fsp3) is 0.300. The lowest BCUT2D eigenvalue weighted by atomic mass is 10.0. The standard InChI is InChI=1S/C30H30FNO3S/c1-19-13-15-32(18-19)14-3-4-21-5-9-24(10-6-21)35-29-26-12-8-23(33)17-27(26)36-30(29)28(34)25-11-7-22(31)16-20(25)2/h5-12,16-17,19,33H,3-4,13-15,18H2,1-2H3/t19-/m0/s1. The molecule has 4 aromatic rings. The van der Waals surface area contributed by atoms with Gasteiger partial charge in [-0.05, 0) is 105 Å². The highest BCUT2D eigenvalue weighted by Gasteiger charge is 2.24. The molecule has 1 aromatic heterocycles. The molecule has 1 fully saturated rings. The molecule has 0 radical (unpaired) electrons. The molecule has 4 nitrogen and oxygen atoms in total. The number of aryl methyl sites for hydroxylation is 2. The smallest absolute Gasteiger partial charge is 0.207 e. The van der Waals surface area contributed by atoms with Crippen LogP contribution in [0.25, 0.3) is 10.1 Å². The number of hydrogen-bond donors (Lipinski definition) is 1. The molecule has 3 aromatic carbocycles. The molecule has 1 aliphatic heterocycles. The molecular weight excluding hydrogens is 473 g/mol. The van der Waals surface area contributed by atoms with Crippen LogP contribution < -0.4 is 4.74 Å². The number of thiophene rings is 1. The van der Waals surface area contributed by atoms with Crippen LogP contribution in [0.1, 0.15) is 46.1 Å². The predicted octanol–water partition coefficient (Wildman–Crippen LogP) is 7.35. The van der Waals surface area contributed by atoms with E-state index in [4.69, 9.17) is 4.74 Å². The van der Waals surface area contributed by atoms with Crippen molar-refractivity contribution in [1.82, 2.24) is 4.90 Å². The molecular formula is C30H30FNO3S. The van der Waals surface area contributed by atoms with Gasteiger partial charge >= 0.3 is 0 Å². The third-order valence-corrected chi connectivity index (χ3v) is 7.99. The number of ketones is 1. The fourth-order valence-corrected chi connectivity index (χ4v) is 6.01. The number of halogens is 1. The van der Waals surface area contributed by atoms with Crippen molar-refractivity contribution in [2.24, 2.45) is 5.92 Å². The second-order valence-corrected chi connectivity index (χ2v) is 10.8. The number of carbonyl (C=O) groups is 1. The van der Waals surface area contributed by atoms with Crippen LogP contribution in [0.5, 0.6) is 17.2 Å². The summed E-state index contributed by atoms with van der Waals surface area (Å²) in [5.74, 6) is 1.43. The molecule has 1 atom stereocenters. The molecule has 0 spiro atoms. The number of phenols is 1. The summed E-state index contributed by atoms with van der Waals surface area (Å²) in [6.07, 6.45) is 3.44. The Morgan fingerprint density at radius 3 is 2.67 bits per heavy atom. The second kappa shape index (κ2) is 10.4. The van der Waals surface area contributed by atoms with Crippen molar-refractivity contribution < 1.29 is 19.0 Å². The van der Waals surface area contributed by atoms with Gasteiger partial charge in [-0.25, -0.2) is 4.39 Å². The highest BCUT2D eigenvalue weighted by Crippen LogP contribution is 2.43. The van der Waals surface area contributed by atoms with E-state index in [1.54, 1.807) is 25.1 Å². The van der Waals surface area contributed by atoms with E-state index < -0.39 is 0 Å². The van der Waals surface area contributed by atoms with Gasteiger partial charge in [-0.2, -0.15) is 0 Å². The summed E-state index contributed by atoms with van der Waals surface area (Å²) in [7, 11) is 0. The summed E-state index contributed by atoms with van der Waals surface area (Å²) in [4.78, 5) is 16.5. The lowest BCUT2D eigenvalue weighted by Gasteiger charge is -2.15. The van der Waals surface area contributed by atoms with E-state index in [1.807, 2.05) is 12.1 Å². The Balaban J connectivity index is 1.37. The third-order valence-electron chi connectivity index (χ3n) is 6.86. The number of aromatic hydroxyl groups is 1. The Morgan fingerprint density at radius 2 is 1.94 bits per heavy atom. The molecule has 0 aliphatic carbocycles. The number of fused-ring (bicyclic) bond motifs is 1. The summed E-state index contributed by atoms with van der Waals surface area (Å²) in [5, 5.41) is 10.7. The predicted molar refractivity (Wildman–Crippen MR) is 143 cm³/mol. The van der Waals surface area contributed by atoms with Crippen LogP contribution in [0.3, 0.4) is 0 Å². The molecule has 1 saturated heterocycles. The zero-order chi connectivity index (χ0) is 25.2. The van der Waals surface area contributed by atoms with Gasteiger partial charge in [-0.3, -0.25) is 4.79 Å². The minimum absolute atomic E-state index is 0.125. The average molecular weight is 504 g/mol. The van der Waals surface area contributed by atoms with Crippen molar-refractivity contribution in [2.75, 3.05) is 19.6 Å². The van der Waals surface area contributed by atoms with Crippen molar-refractivity contribution in [2.45, 2.75) is 33.1 Å². The van der Waals surface area contributed by atoms with Crippen molar-refractivity contribution in [1.29, 1.82) is 0 Å². The zero-order valence-corrected chi connectivity index (χ0v) is 21.4. The number of likely N-dealkylation sites (tertiary alicyclic amines) is 1. The van der Waals surface area contributed by atoms with Crippen LogP contribution in [0.15, 0.2) is 60.7 Å². The van der Waals surface area contributed by atoms with Crippen LogP contribution in [-0.2, 0) is 6.42 Å². The number of carbonyl (C=O) groups excluding carboxylic acids is 1. The highest BCUT2D eigenvalue weighted by atomic mass is 32.1. The Kier molecular flexibility index (Phi) is 7.08. The number of hydrogen-bond acceptors (Lipinski definition) is 5. The Bertz CT molecular complexity index is 1400. The molecule has 1 aliphatic rings. The minimum atomic E-state index is -0.378. The van der Waals surface area contributed by atoms with Crippen LogP contribution >= 0.6 is 11.3 Å². The van der Waals surface area contributed by atoms with E-state index >= 15 is 0 Å². The summed E-state index contributed by atoms with van der Waals surface area (Å²) in [5.41, 5.74) is 2.26. The number of ether oxygens (including phenoxy) is 1. The molecule has 0 unspecified atom stereocenters. The summed E-state index contributed by atoms with van der Waals surface area (Å²) >= 11 is 1.27. The fourth-order valence-electron chi connectivity index (χ4n) is 4.89. The van der Waals surface area contributed by atoms with Crippen molar-refractivity contribution in [3.05, 3.63) is 88.0 Å². The van der Waals surface area contributed by atoms with Gasteiger partial charge in [-0.15, -0.1) is 11.3 Å². The van der Waals surface area contributed by atoms with Gasteiger partial charge < -0.3 is 14.7 Å². The van der Waals surface area contributed by atoms with E-state index in [0.717, 1.165) is 35.4 Å². The van der Waals surface area contributed by atoms with Crippen molar-refractivity contribution >= 4 is 27.2 Å². The maximum Gasteiger partial charge on any atom is 0.207 e. The van der Waals surface area contributed by atoms with Gasteiger partial charge in [0.15, 0.2) is 5.75 Å². The van der Waals surface area contributed by atoms with Crippen LogP contribution in [0.2, 0.25) is 0 Å². The van der Waals surface area contributed by atoms with E-state index in [0.29, 0.717) is 27.5 Å². The molecule has 6 heteroatoms. The quantitative estimate of drug-likeness (QED) is 0.255. The van der Waals surface area contributed by atoms with Gasteiger partial charge in [0.2, 0.25) is 5.78 Å². The van der Waals surface area contributed by atoms with Crippen LogP contribution in [-0.4, -0.2) is 35.4 Å². The van der Waals surface area contributed by atoms with E-state index in [1.165, 1.54) is 54.6 Å². The van der Waals surface area contributed by atoms with Gasteiger partial charge in [0.1, 0.15) is 22.2 Å². The molecule has 1 N–H and O–H groups in total. The van der Waals surface area contributed by atoms with Gasteiger partial charge in [0.05, 0.1) is 0 Å². The normalized spacial score (nSPS) is 16.0. The molecule has 186 valence electrons. The topological polar surface area (TPSA) is 49.8 Å². The lowest BCUT2D eigenvalue weighted by molar-refractivity contribution is 0.104. The van der Waals surface area contributed by atoms with Gasteiger partial charge in [0.25, 0.3) is 0 Å². The van der Waals surface area contributed by atoms with E-state index in [9.17, 15) is 14.3 Å². The largest absolute Gasteiger partial charge is 0.508 e. The summed E-state index contributed by atoms with van der Waals surface area (Å²) < 4.78 is 20.7. The molecule has 36 heavy (non-hydrogen) atoms. The monoisotopic (exact) mass is 503 g/mol. The second-order valence-electron chi connectivity index (χ2n) is 9.77. The van der Waals surface area contributed by atoms with Crippen LogP contribution in [0, 0.1) is 18.7 Å². The first kappa shape index (κ1) is 24.5. The number of rotatable bonds is 8. The Labute approximate surface area is 215 Å². The first-order chi connectivity index (χ1) is 17.4. The maximum absolute atomic E-state index is 13.6. The minimum Gasteiger partial charge on any atom is -0.508 e. The average Bonchev–Trinajstić information content (AvgIpc) is 3.42. The number of benzene rings is 3. The number of phenolic OH excluding ortho intramolecular Hbond substituents is 1. The van der Waals surface area contributed by atoms with E-state index in [2.05, 4.69) is 24.0 Å². The van der Waals surface area contributed by atoms with Crippen molar-refractivity contribution in [3.63, 3.8) is 0 Å². The lowest BCUT2D eigenvalue weighted by Crippen LogP contribution is -2.21. The Hall–Kier alpha value is -3.22.